The molecule has 19 heavy (non-hydrogen) atoms. The van der Waals surface area contributed by atoms with E-state index in [4.69, 9.17) is 4.74 Å². The Morgan fingerprint density at radius 3 is 2.47 bits per heavy atom. The van der Waals surface area contributed by atoms with Gasteiger partial charge in [0.05, 0.1) is 16.5 Å². The third kappa shape index (κ3) is 2.45. The Bertz CT molecular complexity index is 436. The maximum Gasteiger partial charge on any atom is 0.153 e. The Hall–Kier alpha value is -0.130. The lowest BCUT2D eigenvalue weighted by molar-refractivity contribution is -0.186. The lowest BCUT2D eigenvalue weighted by atomic mass is 9.81. The molecule has 1 saturated heterocycles. The van der Waals surface area contributed by atoms with Gasteiger partial charge in [0.15, 0.2) is 9.84 Å². The molecule has 0 radical (unpaired) electrons. The van der Waals surface area contributed by atoms with Crippen LogP contribution < -0.4 is 5.32 Å². The van der Waals surface area contributed by atoms with Crippen molar-refractivity contribution in [1.82, 2.24) is 5.32 Å². The van der Waals surface area contributed by atoms with Crippen molar-refractivity contribution >= 4 is 9.84 Å². The molecule has 0 aromatic carbocycles. The van der Waals surface area contributed by atoms with Gasteiger partial charge in [0.2, 0.25) is 0 Å². The normalized spacial score (nSPS) is 38.9. The first-order chi connectivity index (χ1) is 8.96. The molecule has 4 nitrogen and oxygen atoms in total. The predicted molar refractivity (Wildman–Crippen MR) is 75.0 cm³/mol. The molecule has 2 spiro atoms. The molecule has 0 amide bonds. The second-order valence-corrected chi connectivity index (χ2v) is 8.95. The third-order valence-corrected chi connectivity index (χ3v) is 6.92. The van der Waals surface area contributed by atoms with Gasteiger partial charge in [-0.3, -0.25) is 0 Å². The number of sulfone groups is 1. The Balaban J connectivity index is 1.87. The van der Waals surface area contributed by atoms with Gasteiger partial charge in [-0.25, -0.2) is 8.42 Å². The molecule has 1 heterocycles. The summed E-state index contributed by atoms with van der Waals surface area (Å²) < 4.78 is 30.7. The molecule has 3 fully saturated rings. The smallest absolute Gasteiger partial charge is 0.153 e. The molecular formula is C14H25NO3S. The fourth-order valence-corrected chi connectivity index (χ4v) is 6.04. The van der Waals surface area contributed by atoms with Crippen molar-refractivity contribution in [1.29, 1.82) is 0 Å². The van der Waals surface area contributed by atoms with Gasteiger partial charge in [-0.15, -0.1) is 0 Å². The van der Waals surface area contributed by atoms with Crippen molar-refractivity contribution in [3.8, 4) is 0 Å². The highest BCUT2D eigenvalue weighted by Crippen LogP contribution is 2.45. The van der Waals surface area contributed by atoms with Gasteiger partial charge in [-0.2, -0.15) is 0 Å². The van der Waals surface area contributed by atoms with Crippen LogP contribution in [0.2, 0.25) is 0 Å². The van der Waals surface area contributed by atoms with E-state index in [1.807, 2.05) is 0 Å². The Labute approximate surface area is 116 Å². The summed E-state index contributed by atoms with van der Waals surface area (Å²) in [6.07, 6.45) is 9.86. The second-order valence-electron chi connectivity index (χ2n) is 6.72. The van der Waals surface area contributed by atoms with Crippen LogP contribution in [0.15, 0.2) is 0 Å². The minimum absolute atomic E-state index is 0.0935. The van der Waals surface area contributed by atoms with Crippen LogP contribution in [0.4, 0.5) is 0 Å². The molecule has 2 aliphatic carbocycles. The molecule has 0 bridgehead atoms. The van der Waals surface area contributed by atoms with Crippen molar-refractivity contribution in [3.05, 3.63) is 0 Å². The first-order valence-corrected chi connectivity index (χ1v) is 9.51. The largest absolute Gasteiger partial charge is 0.365 e. The van der Waals surface area contributed by atoms with Crippen LogP contribution in [-0.4, -0.2) is 44.2 Å². The topological polar surface area (TPSA) is 55.4 Å². The van der Waals surface area contributed by atoms with Crippen molar-refractivity contribution in [3.63, 3.8) is 0 Å². The number of hydrogen-bond acceptors (Lipinski definition) is 4. The van der Waals surface area contributed by atoms with Gasteiger partial charge in [-0.1, -0.05) is 19.3 Å². The zero-order chi connectivity index (χ0) is 13.6. The number of hydrogen-bond donors (Lipinski definition) is 1. The van der Waals surface area contributed by atoms with Gasteiger partial charge in [0, 0.05) is 19.3 Å². The average Bonchev–Trinajstić information content (AvgIpc) is 2.73. The van der Waals surface area contributed by atoms with Gasteiger partial charge < -0.3 is 10.1 Å². The molecule has 2 unspecified atom stereocenters. The van der Waals surface area contributed by atoms with Gasteiger partial charge in [0.1, 0.15) is 0 Å². The van der Waals surface area contributed by atoms with E-state index in [1.165, 1.54) is 25.5 Å². The lowest BCUT2D eigenvalue weighted by Gasteiger charge is -2.51. The average molecular weight is 287 g/mol. The number of nitrogens with one attached hydrogen (secondary N) is 1. The fourth-order valence-electron chi connectivity index (χ4n) is 4.41. The summed E-state index contributed by atoms with van der Waals surface area (Å²) in [4.78, 5) is 0. The highest BCUT2D eigenvalue weighted by atomic mass is 32.2. The molecular weight excluding hydrogens is 262 g/mol. The van der Waals surface area contributed by atoms with Crippen LogP contribution in [-0.2, 0) is 14.6 Å². The van der Waals surface area contributed by atoms with Crippen LogP contribution in [0.1, 0.15) is 51.4 Å². The minimum Gasteiger partial charge on any atom is -0.365 e. The van der Waals surface area contributed by atoms with Crippen LogP contribution in [0, 0.1) is 0 Å². The summed E-state index contributed by atoms with van der Waals surface area (Å²) in [5, 5.41) is 3.18. The Morgan fingerprint density at radius 2 is 1.79 bits per heavy atom. The maximum atomic E-state index is 12.1. The van der Waals surface area contributed by atoms with E-state index < -0.39 is 15.4 Å². The SMILES string of the molecule is CS(=O)(=O)C1CCCC12CNCC1(CCCCC1)O2. The summed E-state index contributed by atoms with van der Waals surface area (Å²) in [6.45, 7) is 1.59. The fraction of sp³-hybridized carbons (Fsp3) is 1.00. The summed E-state index contributed by atoms with van der Waals surface area (Å²) in [5.41, 5.74) is -0.549. The third-order valence-electron chi connectivity index (χ3n) is 5.23. The summed E-state index contributed by atoms with van der Waals surface area (Å²) >= 11 is 0. The molecule has 110 valence electrons. The van der Waals surface area contributed by atoms with Crippen molar-refractivity contribution in [2.45, 2.75) is 67.8 Å². The van der Waals surface area contributed by atoms with Gasteiger partial charge >= 0.3 is 0 Å². The highest BCUT2D eigenvalue weighted by molar-refractivity contribution is 7.91. The van der Waals surface area contributed by atoms with E-state index in [-0.39, 0.29) is 10.9 Å². The van der Waals surface area contributed by atoms with Crippen LogP contribution in [0.25, 0.3) is 0 Å². The highest BCUT2D eigenvalue weighted by Gasteiger charge is 2.55. The molecule has 0 aromatic heterocycles. The van der Waals surface area contributed by atoms with E-state index in [1.54, 1.807) is 0 Å². The van der Waals surface area contributed by atoms with E-state index in [2.05, 4.69) is 5.32 Å². The predicted octanol–water partition coefficient (Wildman–Crippen LogP) is 1.64. The first-order valence-electron chi connectivity index (χ1n) is 7.56. The lowest BCUT2D eigenvalue weighted by Crippen LogP contribution is -2.64. The van der Waals surface area contributed by atoms with E-state index in [9.17, 15) is 8.42 Å². The standard InChI is InChI=1S/C14H25NO3S/c1-19(16,17)12-6-5-9-14(12)11-15-10-13(18-14)7-3-2-4-8-13/h12,15H,2-11H2,1H3. The van der Waals surface area contributed by atoms with Crippen molar-refractivity contribution in [2.24, 2.45) is 0 Å². The molecule has 2 atom stereocenters. The van der Waals surface area contributed by atoms with Gasteiger partial charge in [-0.05, 0) is 32.1 Å². The summed E-state index contributed by atoms with van der Waals surface area (Å²) in [5.74, 6) is 0. The number of morpholine rings is 1. The monoisotopic (exact) mass is 287 g/mol. The zero-order valence-electron chi connectivity index (χ0n) is 11.8. The van der Waals surface area contributed by atoms with E-state index in [0.717, 1.165) is 38.6 Å². The molecule has 1 aliphatic heterocycles. The Morgan fingerprint density at radius 1 is 1.05 bits per heavy atom. The summed E-state index contributed by atoms with van der Waals surface area (Å²) in [7, 11) is -3.03. The molecule has 3 rings (SSSR count). The molecule has 3 aliphatic rings. The second kappa shape index (κ2) is 4.71. The molecule has 5 heteroatoms. The first kappa shape index (κ1) is 13.8. The molecule has 1 N–H and O–H groups in total. The van der Waals surface area contributed by atoms with Crippen molar-refractivity contribution in [2.75, 3.05) is 19.3 Å². The summed E-state index contributed by atoms with van der Waals surface area (Å²) in [6, 6.07) is 0. The zero-order valence-corrected chi connectivity index (χ0v) is 12.6. The minimum atomic E-state index is -3.03. The van der Waals surface area contributed by atoms with Crippen LogP contribution >= 0.6 is 0 Å². The Kier molecular flexibility index (Phi) is 3.43. The van der Waals surface area contributed by atoms with Crippen LogP contribution in [0.3, 0.4) is 0 Å². The quantitative estimate of drug-likeness (QED) is 0.796. The molecule has 2 saturated carbocycles. The van der Waals surface area contributed by atoms with E-state index in [0.29, 0.717) is 6.54 Å². The van der Waals surface area contributed by atoms with E-state index >= 15 is 0 Å². The number of rotatable bonds is 1. The van der Waals surface area contributed by atoms with Crippen molar-refractivity contribution < 1.29 is 13.2 Å². The van der Waals surface area contributed by atoms with Crippen LogP contribution in [0.5, 0.6) is 0 Å². The van der Waals surface area contributed by atoms with Gasteiger partial charge in [0.25, 0.3) is 0 Å². The molecule has 0 aromatic rings. The number of ether oxygens (including phenoxy) is 1. The maximum absolute atomic E-state index is 12.1.